The first-order valence-electron chi connectivity index (χ1n) is 20.5. The quantitative estimate of drug-likeness (QED) is 0.0237. The fourth-order valence-electron chi connectivity index (χ4n) is 6.27. The number of unbranched alkanes of at least 4 members (excludes halogenated alkanes) is 15. The van der Waals surface area contributed by atoms with Crippen molar-refractivity contribution in [1.82, 2.24) is 5.32 Å². The highest BCUT2D eigenvalue weighted by Crippen LogP contribution is 2.47. The molecule has 0 heterocycles. The van der Waals surface area contributed by atoms with Crippen molar-refractivity contribution in [2.45, 2.75) is 204 Å². The summed E-state index contributed by atoms with van der Waals surface area (Å²) in [6.07, 6.45) is 18.3. The van der Waals surface area contributed by atoms with Crippen molar-refractivity contribution in [3.05, 3.63) is 36.5 Å². The Hall–Kier alpha value is -1.48. The lowest BCUT2D eigenvalue weighted by atomic mass is 9.85. The van der Waals surface area contributed by atoms with Crippen molar-refractivity contribution in [3.63, 3.8) is 0 Å². The van der Waals surface area contributed by atoms with Gasteiger partial charge in [0.15, 0.2) is 0 Å². The van der Waals surface area contributed by atoms with Crippen LogP contribution in [0.25, 0.3) is 0 Å². The zero-order chi connectivity index (χ0) is 40.2. The molecule has 1 rings (SSSR count). The molecule has 1 fully saturated rings. The van der Waals surface area contributed by atoms with Gasteiger partial charge in [0.05, 0.1) is 31.3 Å². The zero-order valence-electron chi connectivity index (χ0n) is 32.9. The number of aliphatic hydroxyl groups is 7. The Bertz CT molecular complexity index is 1080. The first-order valence-corrected chi connectivity index (χ1v) is 22.0. The maximum Gasteiger partial charge on any atom is 0.472 e. The van der Waals surface area contributed by atoms with E-state index in [1.165, 1.54) is 51.0 Å². The molecule has 0 spiro atoms. The van der Waals surface area contributed by atoms with E-state index >= 15 is 0 Å². The van der Waals surface area contributed by atoms with Crippen LogP contribution in [0.5, 0.6) is 0 Å². The Balaban J connectivity index is 2.59. The molecule has 8 unspecified atom stereocenters. The summed E-state index contributed by atoms with van der Waals surface area (Å²) in [5.41, 5.74) is 0. The van der Waals surface area contributed by atoms with Crippen molar-refractivity contribution in [2.24, 2.45) is 0 Å². The summed E-state index contributed by atoms with van der Waals surface area (Å²) >= 11 is 0. The fourth-order valence-corrected chi connectivity index (χ4v) is 7.23. The van der Waals surface area contributed by atoms with Gasteiger partial charge in [-0.05, 0) is 51.4 Å². The summed E-state index contributed by atoms with van der Waals surface area (Å²) in [7, 11) is -5.13. The second-order valence-corrected chi connectivity index (χ2v) is 16.1. The minimum absolute atomic E-state index is 0.255. The van der Waals surface area contributed by atoms with Crippen LogP contribution in [0.2, 0.25) is 0 Å². The molecule has 1 aliphatic carbocycles. The Kier molecular flexibility index (Phi) is 28.7. The van der Waals surface area contributed by atoms with Gasteiger partial charge in [0.25, 0.3) is 0 Å². The summed E-state index contributed by atoms with van der Waals surface area (Å²) in [5.74, 6) is -0.606. The third-order valence-corrected chi connectivity index (χ3v) is 10.7. The Labute approximate surface area is 324 Å². The summed E-state index contributed by atoms with van der Waals surface area (Å²) in [5, 5.41) is 74.0. The van der Waals surface area contributed by atoms with Gasteiger partial charge in [-0.15, -0.1) is 0 Å². The first-order chi connectivity index (χ1) is 25.8. The fraction of sp³-hybridized carbons (Fsp3) is 0.825. The minimum Gasteiger partial charge on any atom is -0.393 e. The highest BCUT2D eigenvalue weighted by molar-refractivity contribution is 7.47. The van der Waals surface area contributed by atoms with Crippen molar-refractivity contribution in [1.29, 1.82) is 0 Å². The average molecular weight is 792 g/mol. The molecule has 1 amide bonds. The van der Waals surface area contributed by atoms with Gasteiger partial charge < -0.3 is 46.0 Å². The summed E-state index contributed by atoms with van der Waals surface area (Å²) in [6, 6.07) is -1.24. The largest absolute Gasteiger partial charge is 0.472 e. The van der Waals surface area contributed by atoms with Gasteiger partial charge in [-0.1, -0.05) is 127 Å². The van der Waals surface area contributed by atoms with E-state index in [0.717, 1.165) is 70.6 Å². The van der Waals surface area contributed by atoms with Crippen molar-refractivity contribution < 1.29 is 59.0 Å². The number of aliphatic hydroxyl groups excluding tert-OH is 7. The second-order valence-electron chi connectivity index (χ2n) is 14.7. The molecular formula is C40H74NO12P. The maximum absolute atomic E-state index is 12.9. The average Bonchev–Trinajstić information content (AvgIpc) is 3.14. The van der Waals surface area contributed by atoms with E-state index in [4.69, 9.17) is 9.05 Å². The molecule has 14 heteroatoms. The van der Waals surface area contributed by atoms with Gasteiger partial charge in [0.1, 0.15) is 36.6 Å². The molecule has 1 saturated carbocycles. The highest BCUT2D eigenvalue weighted by atomic mass is 31.2. The number of amides is 1. The standard InChI is InChI=1S/C40H74NO12P/c1-3-5-7-9-11-13-14-15-16-17-18-20-21-23-25-27-31(42)29-34(44)41-32(33(43)28-26-24-22-19-12-10-8-6-4-2)30-52-54(50,51)53-40-38(48)36(46)35(45)37(47)39(40)49/h11,13,15-16,26,28,31-33,35-40,42-43,45-49H,3-10,12,14,17-25,27,29-30H2,1-2H3,(H,41,44)(H,50,51)/b13-11-,16-15-,28-26+. The molecule has 1 aliphatic rings. The van der Waals surface area contributed by atoms with E-state index in [1.54, 1.807) is 6.08 Å². The lowest BCUT2D eigenvalue weighted by molar-refractivity contribution is -0.220. The second kappa shape index (κ2) is 30.6. The number of phosphoric acid groups is 1. The SMILES string of the molecule is CCCCC/C=C\C/C=C\CCCCCCCC(O)CC(=O)NC(COP(=O)(O)OC1C(O)C(O)C(O)C(O)C1O)C(O)/C=C/CCCCCCCCC. The van der Waals surface area contributed by atoms with Crippen LogP contribution in [0, 0.1) is 0 Å². The molecule has 0 bridgehead atoms. The van der Waals surface area contributed by atoms with Crippen LogP contribution in [0.1, 0.15) is 149 Å². The van der Waals surface area contributed by atoms with Crippen LogP contribution >= 0.6 is 7.82 Å². The van der Waals surface area contributed by atoms with Crippen LogP contribution < -0.4 is 5.32 Å². The predicted molar refractivity (Wildman–Crippen MR) is 210 cm³/mol. The van der Waals surface area contributed by atoms with E-state index in [2.05, 4.69) is 43.5 Å². The molecule has 13 nitrogen and oxygen atoms in total. The van der Waals surface area contributed by atoms with Crippen LogP contribution in [0.4, 0.5) is 0 Å². The molecule has 54 heavy (non-hydrogen) atoms. The normalized spacial score (nSPS) is 25.0. The van der Waals surface area contributed by atoms with Crippen molar-refractivity contribution >= 4 is 13.7 Å². The molecular weight excluding hydrogens is 717 g/mol. The minimum atomic E-state index is -5.13. The third-order valence-electron chi connectivity index (χ3n) is 9.72. The lowest BCUT2D eigenvalue weighted by Gasteiger charge is -2.41. The molecule has 9 N–H and O–H groups in total. The van der Waals surface area contributed by atoms with Crippen molar-refractivity contribution in [3.8, 4) is 0 Å². The van der Waals surface area contributed by atoms with Gasteiger partial charge in [-0.25, -0.2) is 4.57 Å². The number of carbonyl (C=O) groups is 1. The van der Waals surface area contributed by atoms with Gasteiger partial charge in [-0.3, -0.25) is 13.8 Å². The first kappa shape index (κ1) is 50.5. The number of rotatable bonds is 32. The summed E-state index contributed by atoms with van der Waals surface area (Å²) < 4.78 is 22.7. The van der Waals surface area contributed by atoms with Crippen LogP contribution in [-0.2, 0) is 18.4 Å². The number of hydrogen-bond donors (Lipinski definition) is 9. The van der Waals surface area contributed by atoms with Crippen LogP contribution in [0.15, 0.2) is 36.5 Å². The highest BCUT2D eigenvalue weighted by Gasteiger charge is 2.51. The molecule has 0 saturated heterocycles. The Morgan fingerprint density at radius 2 is 1.13 bits per heavy atom. The number of nitrogens with one attached hydrogen (secondary N) is 1. The zero-order valence-corrected chi connectivity index (χ0v) is 33.8. The number of phosphoric ester groups is 1. The van der Waals surface area contributed by atoms with E-state index in [-0.39, 0.29) is 6.42 Å². The Morgan fingerprint density at radius 3 is 1.70 bits per heavy atom. The number of hydrogen-bond acceptors (Lipinski definition) is 11. The van der Waals surface area contributed by atoms with E-state index < -0.39 is 75.2 Å². The van der Waals surface area contributed by atoms with Crippen LogP contribution in [0.3, 0.4) is 0 Å². The van der Waals surface area contributed by atoms with Crippen molar-refractivity contribution in [2.75, 3.05) is 6.61 Å². The van der Waals surface area contributed by atoms with E-state index in [0.29, 0.717) is 12.8 Å². The Morgan fingerprint density at radius 1 is 0.667 bits per heavy atom. The van der Waals surface area contributed by atoms with Gasteiger partial charge >= 0.3 is 7.82 Å². The molecule has 316 valence electrons. The summed E-state index contributed by atoms with van der Waals surface area (Å²) in [6.45, 7) is 3.63. The molecule has 0 aromatic carbocycles. The van der Waals surface area contributed by atoms with Gasteiger partial charge in [0, 0.05) is 0 Å². The molecule has 0 aliphatic heterocycles. The molecule has 0 aromatic rings. The molecule has 0 radical (unpaired) electrons. The van der Waals surface area contributed by atoms with Gasteiger partial charge in [0.2, 0.25) is 5.91 Å². The number of allylic oxidation sites excluding steroid dienone is 5. The predicted octanol–water partition coefficient (Wildman–Crippen LogP) is 5.41. The third kappa shape index (κ3) is 22.9. The lowest BCUT2D eigenvalue weighted by Crippen LogP contribution is -2.64. The smallest absolute Gasteiger partial charge is 0.393 e. The molecule has 0 aromatic heterocycles. The molecule has 8 atom stereocenters. The van der Waals surface area contributed by atoms with E-state index in [1.807, 2.05) is 0 Å². The maximum atomic E-state index is 12.9. The topological polar surface area (TPSA) is 226 Å². The van der Waals surface area contributed by atoms with E-state index in [9.17, 15) is 50.0 Å². The summed E-state index contributed by atoms with van der Waals surface area (Å²) in [4.78, 5) is 23.3. The number of carbonyl (C=O) groups excluding carboxylic acids is 1. The monoisotopic (exact) mass is 791 g/mol. The van der Waals surface area contributed by atoms with Gasteiger partial charge in [-0.2, -0.15) is 0 Å². The van der Waals surface area contributed by atoms with Crippen LogP contribution in [-0.4, -0.2) is 108 Å².